The number of carbonyl (C=O) groups excluding carboxylic acids is 1. The van der Waals surface area contributed by atoms with Crippen LogP contribution in [0.2, 0.25) is 0 Å². The molecule has 11 heteroatoms. The third-order valence-electron chi connectivity index (χ3n) is 6.12. The van der Waals surface area contributed by atoms with Gasteiger partial charge in [0.1, 0.15) is 11.3 Å². The molecule has 0 N–H and O–H groups in total. The molecule has 2 aromatic heterocycles. The molecule has 0 spiro atoms. The first-order chi connectivity index (χ1) is 19.3. The van der Waals surface area contributed by atoms with E-state index < -0.39 is 12.1 Å². The quantitative estimate of drug-likeness (QED) is 0.170. The van der Waals surface area contributed by atoms with Gasteiger partial charge in [-0.2, -0.15) is 9.78 Å². The fraction of sp³-hybridized carbons (Fsp3) is 0.172. The van der Waals surface area contributed by atoms with Gasteiger partial charge in [0.05, 0.1) is 48.3 Å². The average Bonchev–Trinajstić information content (AvgIpc) is 3.41. The predicted octanol–water partition coefficient (Wildman–Crippen LogP) is 5.41. The van der Waals surface area contributed by atoms with Gasteiger partial charge in [-0.25, -0.2) is 9.78 Å². The number of nitrogens with zero attached hydrogens (tertiary/aromatic N) is 3. The van der Waals surface area contributed by atoms with Crippen LogP contribution in [-0.2, 0) is 9.53 Å². The summed E-state index contributed by atoms with van der Waals surface area (Å²) in [6.45, 7) is 1.57. The molecule has 5 rings (SSSR count). The number of esters is 1. The lowest BCUT2D eigenvalue weighted by molar-refractivity contribution is -0.147. The van der Waals surface area contributed by atoms with Crippen LogP contribution in [0.3, 0.4) is 0 Å². The van der Waals surface area contributed by atoms with Crippen LogP contribution in [0.25, 0.3) is 33.5 Å². The average molecular weight is 606 g/mol. The zero-order valence-electron chi connectivity index (χ0n) is 22.0. The molecule has 5 aromatic rings. The largest absolute Gasteiger partial charge is 0.496 e. The van der Waals surface area contributed by atoms with Crippen LogP contribution >= 0.6 is 15.9 Å². The number of furan rings is 1. The maximum absolute atomic E-state index is 13.6. The second kappa shape index (κ2) is 11.2. The summed E-state index contributed by atoms with van der Waals surface area (Å²) < 4.78 is 29.2. The number of para-hydroxylation sites is 1. The number of benzene rings is 3. The van der Waals surface area contributed by atoms with Gasteiger partial charge in [-0.1, -0.05) is 18.2 Å². The Morgan fingerprint density at radius 3 is 2.55 bits per heavy atom. The molecular formula is C29H24BrN3O7. The third-order valence-corrected chi connectivity index (χ3v) is 6.71. The van der Waals surface area contributed by atoms with Gasteiger partial charge in [-0.3, -0.25) is 4.79 Å². The molecule has 0 amide bonds. The highest BCUT2D eigenvalue weighted by atomic mass is 79.9. The van der Waals surface area contributed by atoms with Crippen molar-refractivity contribution in [3.05, 3.63) is 81.1 Å². The van der Waals surface area contributed by atoms with Gasteiger partial charge < -0.3 is 23.4 Å². The maximum Gasteiger partial charge on any atom is 0.346 e. The molecule has 204 valence electrons. The highest BCUT2D eigenvalue weighted by molar-refractivity contribution is 9.10. The van der Waals surface area contributed by atoms with E-state index in [1.807, 2.05) is 24.3 Å². The number of aromatic nitrogens is 2. The number of rotatable bonds is 8. The predicted molar refractivity (Wildman–Crippen MR) is 154 cm³/mol. The number of ether oxygens (including phenoxy) is 4. The van der Waals surface area contributed by atoms with E-state index in [1.54, 1.807) is 50.4 Å². The third kappa shape index (κ3) is 5.03. The van der Waals surface area contributed by atoms with Crippen molar-refractivity contribution in [1.82, 2.24) is 9.66 Å². The molecule has 0 aliphatic heterocycles. The van der Waals surface area contributed by atoms with E-state index in [1.165, 1.54) is 25.1 Å². The first kappa shape index (κ1) is 26.9. The van der Waals surface area contributed by atoms with E-state index >= 15 is 0 Å². The van der Waals surface area contributed by atoms with Crippen molar-refractivity contribution in [2.45, 2.75) is 13.0 Å². The molecule has 10 nitrogen and oxygen atoms in total. The Hall–Kier alpha value is -4.64. The Morgan fingerprint density at radius 2 is 1.80 bits per heavy atom. The van der Waals surface area contributed by atoms with Gasteiger partial charge in [0.2, 0.25) is 5.82 Å². The first-order valence-corrected chi connectivity index (χ1v) is 12.9. The van der Waals surface area contributed by atoms with Gasteiger partial charge in [-0.05, 0) is 70.9 Å². The second-order valence-electron chi connectivity index (χ2n) is 8.61. The molecule has 0 radical (unpaired) electrons. The monoisotopic (exact) mass is 605 g/mol. The van der Waals surface area contributed by atoms with Crippen molar-refractivity contribution >= 4 is 50.0 Å². The van der Waals surface area contributed by atoms with Gasteiger partial charge in [0.15, 0.2) is 23.4 Å². The Bertz CT molecular complexity index is 1830. The maximum atomic E-state index is 13.6. The molecule has 0 aliphatic rings. The highest BCUT2D eigenvalue weighted by Crippen LogP contribution is 2.37. The molecule has 0 saturated heterocycles. The van der Waals surface area contributed by atoms with Crippen LogP contribution < -0.4 is 19.8 Å². The lowest BCUT2D eigenvalue weighted by Gasteiger charge is -2.17. The van der Waals surface area contributed by atoms with Gasteiger partial charge >= 0.3 is 5.97 Å². The van der Waals surface area contributed by atoms with Crippen molar-refractivity contribution < 1.29 is 28.2 Å². The van der Waals surface area contributed by atoms with Gasteiger partial charge in [0, 0.05) is 0 Å². The number of carbonyl (C=O) groups is 1. The topological polar surface area (TPSA) is 114 Å². The van der Waals surface area contributed by atoms with E-state index in [9.17, 15) is 9.59 Å². The number of fused-ring (bicyclic) bond motifs is 2. The highest BCUT2D eigenvalue weighted by Gasteiger charge is 2.21. The fourth-order valence-corrected chi connectivity index (χ4v) is 4.71. The van der Waals surface area contributed by atoms with E-state index in [0.717, 1.165) is 5.39 Å². The van der Waals surface area contributed by atoms with Gasteiger partial charge in [-0.15, -0.1) is 0 Å². The summed E-state index contributed by atoms with van der Waals surface area (Å²) in [4.78, 5) is 30.1. The molecule has 40 heavy (non-hydrogen) atoms. The SMILES string of the molecule is COC(=O)[C@H](C)Oc1c(Br)cc(C=Nn2c(-c3cc4c(OC)cccc4o3)nc3ccccc3c2=O)cc1OC. The van der Waals surface area contributed by atoms with Crippen LogP contribution in [0, 0.1) is 0 Å². The van der Waals surface area contributed by atoms with E-state index in [-0.39, 0.29) is 11.4 Å². The van der Waals surface area contributed by atoms with E-state index in [0.29, 0.717) is 49.5 Å². The zero-order chi connectivity index (χ0) is 28.4. The summed E-state index contributed by atoms with van der Waals surface area (Å²) in [6.07, 6.45) is 0.632. The molecule has 0 saturated carbocycles. The Labute approximate surface area is 236 Å². The summed E-state index contributed by atoms with van der Waals surface area (Å²) in [5, 5.41) is 5.64. The molecule has 0 aliphatic carbocycles. The minimum absolute atomic E-state index is 0.219. The lowest BCUT2D eigenvalue weighted by atomic mass is 10.2. The summed E-state index contributed by atoms with van der Waals surface area (Å²) in [6, 6.07) is 17.6. The lowest BCUT2D eigenvalue weighted by Crippen LogP contribution is -2.25. The van der Waals surface area contributed by atoms with Crippen molar-refractivity contribution in [1.29, 1.82) is 0 Å². The molecule has 0 unspecified atom stereocenters. The molecule has 0 fully saturated rings. The van der Waals surface area contributed by atoms with Gasteiger partial charge in [0.25, 0.3) is 5.56 Å². The smallest absolute Gasteiger partial charge is 0.346 e. The number of halogens is 1. The summed E-state index contributed by atoms with van der Waals surface area (Å²) in [5.41, 5.74) is 1.30. The Kier molecular flexibility index (Phi) is 7.56. The van der Waals surface area contributed by atoms with Crippen LogP contribution in [0.5, 0.6) is 17.2 Å². The summed E-state index contributed by atoms with van der Waals surface area (Å²) in [5.74, 6) is 1.33. The van der Waals surface area contributed by atoms with Crippen molar-refractivity contribution in [3.63, 3.8) is 0 Å². The van der Waals surface area contributed by atoms with E-state index in [2.05, 4.69) is 21.0 Å². The Morgan fingerprint density at radius 1 is 1.02 bits per heavy atom. The number of hydrogen-bond donors (Lipinski definition) is 0. The molecular weight excluding hydrogens is 582 g/mol. The van der Waals surface area contributed by atoms with Crippen LogP contribution in [-0.4, -0.2) is 49.3 Å². The van der Waals surface area contributed by atoms with Crippen molar-refractivity contribution in [3.8, 4) is 28.8 Å². The number of methoxy groups -OCH3 is 3. The van der Waals surface area contributed by atoms with Crippen LogP contribution in [0.15, 0.2) is 79.4 Å². The minimum atomic E-state index is -0.859. The van der Waals surface area contributed by atoms with E-state index in [4.69, 9.17) is 28.3 Å². The van der Waals surface area contributed by atoms with Crippen molar-refractivity contribution in [2.24, 2.45) is 5.10 Å². The standard InChI is InChI=1S/C29H24BrN3O7/c1-16(29(35)38-4)39-26-20(30)12-17(13-24(26)37-3)15-31-33-27(32-21-9-6-5-8-18(21)28(33)34)25-14-19-22(36-2)10-7-11-23(19)40-25/h5-16H,1-4H3/t16-/m0/s1. The van der Waals surface area contributed by atoms with Crippen LogP contribution in [0.1, 0.15) is 12.5 Å². The zero-order valence-corrected chi connectivity index (χ0v) is 23.6. The minimum Gasteiger partial charge on any atom is -0.496 e. The first-order valence-electron chi connectivity index (χ1n) is 12.1. The van der Waals surface area contributed by atoms with Crippen molar-refractivity contribution in [2.75, 3.05) is 21.3 Å². The Balaban J connectivity index is 1.62. The normalized spacial score (nSPS) is 12.1. The molecule has 2 heterocycles. The fourth-order valence-electron chi connectivity index (χ4n) is 4.16. The molecule has 3 aromatic carbocycles. The number of hydrogen-bond acceptors (Lipinski definition) is 9. The molecule has 0 bridgehead atoms. The summed E-state index contributed by atoms with van der Waals surface area (Å²) >= 11 is 3.47. The summed E-state index contributed by atoms with van der Waals surface area (Å²) in [7, 11) is 4.34. The van der Waals surface area contributed by atoms with Crippen LogP contribution in [0.4, 0.5) is 0 Å². The second-order valence-corrected chi connectivity index (χ2v) is 9.47. The molecule has 1 atom stereocenters.